The standard InChI is InChI=1S/C30H23N5O3S2/c1-40(36,37)35(18-23-17-34-30(39-23)21-7-10-25-20(15-21)11-12-31-25)22-8-9-24-26(16-22)38-28(19-5-3-2-4-6-19)27(24)29-32-13-14-33-29/h2-17,31H,18H2,1H3,(H,32,33). The number of H-pyrrole nitrogens is 2. The molecule has 0 radical (unpaired) electrons. The molecule has 4 aromatic heterocycles. The van der Waals surface area contributed by atoms with E-state index in [1.807, 2.05) is 66.9 Å². The molecule has 4 heterocycles. The Morgan fingerprint density at radius 3 is 2.60 bits per heavy atom. The highest BCUT2D eigenvalue weighted by atomic mass is 32.2. The summed E-state index contributed by atoms with van der Waals surface area (Å²) in [7, 11) is -3.61. The third-order valence-electron chi connectivity index (χ3n) is 6.79. The number of sulfonamides is 1. The second-order valence-electron chi connectivity index (χ2n) is 9.47. The van der Waals surface area contributed by atoms with Gasteiger partial charge in [-0.05, 0) is 36.4 Å². The predicted molar refractivity (Wildman–Crippen MR) is 160 cm³/mol. The van der Waals surface area contributed by atoms with Crippen LogP contribution in [-0.4, -0.2) is 34.6 Å². The average molecular weight is 566 g/mol. The topological polar surface area (TPSA) is 108 Å². The highest BCUT2D eigenvalue weighted by Crippen LogP contribution is 2.41. The Morgan fingerprint density at radius 2 is 1.80 bits per heavy atom. The number of benzene rings is 3. The molecule has 198 valence electrons. The van der Waals surface area contributed by atoms with Crippen LogP contribution in [0.15, 0.2) is 102 Å². The lowest BCUT2D eigenvalue weighted by molar-refractivity contribution is 0.596. The number of hydrogen-bond acceptors (Lipinski definition) is 6. The van der Waals surface area contributed by atoms with Gasteiger partial charge in [0, 0.05) is 63.1 Å². The van der Waals surface area contributed by atoms with E-state index in [1.165, 1.54) is 21.9 Å². The van der Waals surface area contributed by atoms with E-state index >= 15 is 0 Å². The minimum absolute atomic E-state index is 0.158. The summed E-state index contributed by atoms with van der Waals surface area (Å²) in [5.41, 5.74) is 4.86. The lowest BCUT2D eigenvalue weighted by Gasteiger charge is -2.21. The Balaban J connectivity index is 1.27. The molecule has 0 saturated carbocycles. The van der Waals surface area contributed by atoms with Crippen LogP contribution in [0, 0.1) is 0 Å². The number of rotatable bonds is 7. The molecule has 7 aromatic rings. The molecule has 0 amide bonds. The Morgan fingerprint density at radius 1 is 0.925 bits per heavy atom. The van der Waals surface area contributed by atoms with Crippen molar-refractivity contribution in [3.63, 3.8) is 0 Å². The summed E-state index contributed by atoms with van der Waals surface area (Å²) in [6.45, 7) is 0.158. The van der Waals surface area contributed by atoms with Crippen LogP contribution < -0.4 is 4.31 Å². The van der Waals surface area contributed by atoms with Gasteiger partial charge in [0.1, 0.15) is 22.2 Å². The maximum atomic E-state index is 13.0. The minimum atomic E-state index is -3.61. The van der Waals surface area contributed by atoms with Gasteiger partial charge in [-0.25, -0.2) is 18.4 Å². The molecule has 0 aliphatic carbocycles. The first-order valence-electron chi connectivity index (χ1n) is 12.6. The highest BCUT2D eigenvalue weighted by Gasteiger charge is 2.24. The summed E-state index contributed by atoms with van der Waals surface area (Å²) in [5.74, 6) is 1.35. The molecule has 8 nitrogen and oxygen atoms in total. The molecule has 0 atom stereocenters. The minimum Gasteiger partial charge on any atom is -0.455 e. The fourth-order valence-electron chi connectivity index (χ4n) is 4.91. The van der Waals surface area contributed by atoms with Gasteiger partial charge in [-0.15, -0.1) is 11.3 Å². The fraction of sp³-hybridized carbons (Fsp3) is 0.0667. The number of hydrogen-bond donors (Lipinski definition) is 2. The molecule has 10 heteroatoms. The first-order chi connectivity index (χ1) is 19.4. The summed E-state index contributed by atoms with van der Waals surface area (Å²) >= 11 is 1.48. The molecule has 2 N–H and O–H groups in total. The van der Waals surface area contributed by atoms with Gasteiger partial charge >= 0.3 is 0 Å². The van der Waals surface area contributed by atoms with Gasteiger partial charge in [0.2, 0.25) is 10.0 Å². The molecule has 0 spiro atoms. The third kappa shape index (κ3) is 4.37. The Bertz CT molecular complexity index is 2070. The monoisotopic (exact) mass is 565 g/mol. The van der Waals surface area contributed by atoms with Gasteiger partial charge in [-0.1, -0.05) is 30.3 Å². The van der Waals surface area contributed by atoms with E-state index in [4.69, 9.17) is 4.42 Å². The molecular formula is C30H23N5O3S2. The molecule has 3 aromatic carbocycles. The first-order valence-corrected chi connectivity index (χ1v) is 15.2. The number of nitrogens with zero attached hydrogens (tertiary/aromatic N) is 3. The SMILES string of the molecule is CS(=O)(=O)N(Cc1cnc(-c2ccc3[nH]ccc3c2)s1)c1ccc2c(-c3ncc[nH]3)c(-c3ccccc3)oc2c1. The zero-order valence-electron chi connectivity index (χ0n) is 21.3. The number of aromatic nitrogens is 4. The smallest absolute Gasteiger partial charge is 0.232 e. The zero-order valence-corrected chi connectivity index (χ0v) is 23.0. The van der Waals surface area contributed by atoms with Crippen LogP contribution >= 0.6 is 11.3 Å². The maximum absolute atomic E-state index is 13.0. The van der Waals surface area contributed by atoms with E-state index in [9.17, 15) is 8.42 Å². The lowest BCUT2D eigenvalue weighted by atomic mass is 10.0. The van der Waals surface area contributed by atoms with Gasteiger partial charge in [-0.2, -0.15) is 0 Å². The van der Waals surface area contributed by atoms with Crippen molar-refractivity contribution in [2.75, 3.05) is 10.6 Å². The number of aromatic amines is 2. The van der Waals surface area contributed by atoms with E-state index in [-0.39, 0.29) is 6.54 Å². The van der Waals surface area contributed by atoms with Crippen LogP contribution in [0.3, 0.4) is 0 Å². The molecule has 0 saturated heterocycles. The van der Waals surface area contributed by atoms with Crippen LogP contribution in [0.5, 0.6) is 0 Å². The molecule has 0 bridgehead atoms. The van der Waals surface area contributed by atoms with E-state index in [1.54, 1.807) is 24.7 Å². The summed E-state index contributed by atoms with van der Waals surface area (Å²) < 4.78 is 33.8. The molecule has 0 unspecified atom stereocenters. The molecule has 0 aliphatic rings. The molecule has 7 rings (SSSR count). The number of fused-ring (bicyclic) bond motifs is 2. The van der Waals surface area contributed by atoms with E-state index < -0.39 is 10.0 Å². The van der Waals surface area contributed by atoms with Gasteiger partial charge in [0.15, 0.2) is 0 Å². The van der Waals surface area contributed by atoms with E-state index in [2.05, 4.69) is 26.0 Å². The predicted octanol–water partition coefficient (Wildman–Crippen LogP) is 7.06. The number of imidazole rings is 1. The molecule has 0 fully saturated rings. The first kappa shape index (κ1) is 24.4. The summed E-state index contributed by atoms with van der Waals surface area (Å²) in [6.07, 6.45) is 8.32. The van der Waals surface area contributed by atoms with Crippen molar-refractivity contribution in [3.05, 3.63) is 102 Å². The number of anilines is 1. The van der Waals surface area contributed by atoms with Crippen LogP contribution in [0.1, 0.15) is 4.88 Å². The second kappa shape index (κ2) is 9.51. The van der Waals surface area contributed by atoms with Crippen molar-refractivity contribution in [2.24, 2.45) is 0 Å². The van der Waals surface area contributed by atoms with Crippen LogP contribution in [0.2, 0.25) is 0 Å². The highest BCUT2D eigenvalue weighted by molar-refractivity contribution is 7.92. The number of thiazole rings is 1. The van der Waals surface area contributed by atoms with Crippen molar-refractivity contribution in [3.8, 4) is 33.3 Å². The lowest BCUT2D eigenvalue weighted by Crippen LogP contribution is -2.28. The van der Waals surface area contributed by atoms with Crippen LogP contribution in [0.4, 0.5) is 5.69 Å². The quantitative estimate of drug-likeness (QED) is 0.215. The van der Waals surface area contributed by atoms with Crippen molar-refractivity contribution in [2.45, 2.75) is 6.54 Å². The summed E-state index contributed by atoms with van der Waals surface area (Å²) in [4.78, 5) is 16.3. The van der Waals surface area contributed by atoms with Crippen LogP contribution in [-0.2, 0) is 16.6 Å². The van der Waals surface area contributed by atoms with Gasteiger partial charge in [0.25, 0.3) is 0 Å². The van der Waals surface area contributed by atoms with Crippen molar-refractivity contribution >= 4 is 48.9 Å². The van der Waals surface area contributed by atoms with Crippen LogP contribution in [0.25, 0.3) is 55.2 Å². The number of furan rings is 1. The van der Waals surface area contributed by atoms with E-state index in [0.717, 1.165) is 42.9 Å². The summed E-state index contributed by atoms with van der Waals surface area (Å²) in [5, 5.41) is 2.78. The summed E-state index contributed by atoms with van der Waals surface area (Å²) in [6, 6.07) is 23.4. The fourth-order valence-corrected chi connectivity index (χ4v) is 6.76. The Labute approximate surface area is 234 Å². The van der Waals surface area contributed by atoms with Crippen molar-refractivity contribution < 1.29 is 12.8 Å². The maximum Gasteiger partial charge on any atom is 0.232 e. The molecular weight excluding hydrogens is 542 g/mol. The van der Waals surface area contributed by atoms with Gasteiger partial charge < -0.3 is 14.4 Å². The average Bonchev–Trinajstić information content (AvgIpc) is 3.76. The van der Waals surface area contributed by atoms with Crippen molar-refractivity contribution in [1.82, 2.24) is 19.9 Å². The second-order valence-corrected chi connectivity index (χ2v) is 12.5. The van der Waals surface area contributed by atoms with Gasteiger partial charge in [-0.3, -0.25) is 4.31 Å². The van der Waals surface area contributed by atoms with Gasteiger partial charge in [0.05, 0.1) is 24.1 Å². The normalized spacial score (nSPS) is 11.9. The van der Waals surface area contributed by atoms with E-state index in [0.29, 0.717) is 22.9 Å². The molecule has 0 aliphatic heterocycles. The number of nitrogens with one attached hydrogen (secondary N) is 2. The Hall–Kier alpha value is -4.67. The zero-order chi connectivity index (χ0) is 27.3. The Kier molecular flexibility index (Phi) is 5.79. The van der Waals surface area contributed by atoms with Crippen molar-refractivity contribution in [1.29, 1.82) is 0 Å². The molecule has 40 heavy (non-hydrogen) atoms. The third-order valence-corrected chi connectivity index (χ3v) is 8.96. The largest absolute Gasteiger partial charge is 0.455 e.